The third-order valence-electron chi connectivity index (χ3n) is 8.61. The highest BCUT2D eigenvalue weighted by Gasteiger charge is 2.18. The number of hydrogen-bond acceptors (Lipinski definition) is 7. The second-order valence-electron chi connectivity index (χ2n) is 12.0. The SMILES string of the molecule is CCCc1nc2c(C)cc(-c3nc4ccccc4n3C)cc2n1Cc1ccc(-c2ccccc2C(=O)OCCCCCO[N+](=O)[O-])cc1. The van der Waals surface area contributed by atoms with E-state index in [-0.39, 0.29) is 13.2 Å². The molecule has 6 aromatic rings. The number of ether oxygens (including phenoxy) is 1. The molecule has 0 aliphatic rings. The lowest BCUT2D eigenvalue weighted by Crippen LogP contribution is -2.09. The Hall–Kier alpha value is -5.51. The van der Waals surface area contributed by atoms with Crippen LogP contribution in [0.5, 0.6) is 0 Å². The van der Waals surface area contributed by atoms with Gasteiger partial charge in [-0.1, -0.05) is 61.5 Å². The van der Waals surface area contributed by atoms with E-state index in [2.05, 4.69) is 65.2 Å². The molecule has 0 amide bonds. The zero-order valence-corrected chi connectivity index (χ0v) is 27.5. The predicted octanol–water partition coefficient (Wildman–Crippen LogP) is 8.10. The van der Waals surface area contributed by atoms with Crippen LogP contribution in [-0.2, 0) is 29.6 Å². The molecular formula is C38H39N5O5. The molecule has 0 saturated carbocycles. The molecule has 48 heavy (non-hydrogen) atoms. The molecular weight excluding hydrogens is 606 g/mol. The Morgan fingerprint density at radius 2 is 1.62 bits per heavy atom. The first-order valence-corrected chi connectivity index (χ1v) is 16.4. The van der Waals surface area contributed by atoms with E-state index < -0.39 is 11.1 Å². The molecule has 0 radical (unpaired) electrons. The van der Waals surface area contributed by atoms with Crippen molar-refractivity contribution >= 4 is 28.0 Å². The smallest absolute Gasteiger partial charge is 0.338 e. The summed E-state index contributed by atoms with van der Waals surface area (Å²) in [5.41, 5.74) is 9.69. The van der Waals surface area contributed by atoms with E-state index in [1.807, 2.05) is 48.5 Å². The fourth-order valence-corrected chi connectivity index (χ4v) is 6.21. The number of aromatic nitrogens is 4. The lowest BCUT2D eigenvalue weighted by atomic mass is 9.98. The topological polar surface area (TPSA) is 114 Å². The number of fused-ring (bicyclic) bond motifs is 2. The van der Waals surface area contributed by atoms with Crippen molar-refractivity contribution in [2.45, 2.75) is 52.5 Å². The van der Waals surface area contributed by atoms with Gasteiger partial charge in [0.15, 0.2) is 0 Å². The van der Waals surface area contributed by atoms with Gasteiger partial charge < -0.3 is 18.7 Å². The van der Waals surface area contributed by atoms with Gasteiger partial charge in [-0.25, -0.2) is 14.8 Å². The fourth-order valence-electron chi connectivity index (χ4n) is 6.21. The molecule has 0 fully saturated rings. The summed E-state index contributed by atoms with van der Waals surface area (Å²) < 4.78 is 10.0. The summed E-state index contributed by atoms with van der Waals surface area (Å²) in [5, 5.41) is 9.47. The van der Waals surface area contributed by atoms with Gasteiger partial charge in [-0.15, -0.1) is 10.1 Å². The van der Waals surface area contributed by atoms with Crippen molar-refractivity contribution in [3.8, 4) is 22.5 Å². The van der Waals surface area contributed by atoms with Gasteiger partial charge in [0.05, 0.1) is 40.8 Å². The van der Waals surface area contributed by atoms with Crippen LogP contribution in [-0.4, -0.2) is 43.4 Å². The third kappa shape index (κ3) is 6.92. The Morgan fingerprint density at radius 3 is 2.40 bits per heavy atom. The van der Waals surface area contributed by atoms with Gasteiger partial charge in [-0.2, -0.15) is 0 Å². The summed E-state index contributed by atoms with van der Waals surface area (Å²) in [5.74, 6) is 1.59. The molecule has 0 unspecified atom stereocenters. The number of esters is 1. The van der Waals surface area contributed by atoms with Crippen molar-refractivity contribution in [1.29, 1.82) is 0 Å². The normalized spacial score (nSPS) is 11.3. The largest absolute Gasteiger partial charge is 0.462 e. The Morgan fingerprint density at radius 1 is 0.875 bits per heavy atom. The molecule has 246 valence electrons. The summed E-state index contributed by atoms with van der Waals surface area (Å²) in [6, 6.07) is 28.3. The molecule has 0 saturated heterocycles. The molecule has 6 rings (SSSR count). The molecule has 2 aromatic heterocycles. The number of nitrogens with zero attached hydrogens (tertiary/aromatic N) is 5. The van der Waals surface area contributed by atoms with Gasteiger partial charge >= 0.3 is 5.97 Å². The number of carbonyl (C=O) groups excluding carboxylic acids is 1. The van der Waals surface area contributed by atoms with Gasteiger partial charge in [0.2, 0.25) is 0 Å². The van der Waals surface area contributed by atoms with Crippen LogP contribution in [0.1, 0.15) is 59.9 Å². The van der Waals surface area contributed by atoms with E-state index in [1.165, 1.54) is 0 Å². The quantitative estimate of drug-likeness (QED) is 0.0509. The van der Waals surface area contributed by atoms with E-state index >= 15 is 0 Å². The van der Waals surface area contributed by atoms with Crippen LogP contribution in [0.2, 0.25) is 0 Å². The van der Waals surface area contributed by atoms with Crippen molar-refractivity contribution in [2.24, 2.45) is 7.05 Å². The minimum absolute atomic E-state index is 0.0417. The Labute approximate surface area is 279 Å². The number of aryl methyl sites for hydroxylation is 3. The summed E-state index contributed by atoms with van der Waals surface area (Å²) >= 11 is 0. The number of carbonyl (C=O) groups is 1. The second kappa shape index (κ2) is 14.5. The molecule has 4 aromatic carbocycles. The average molecular weight is 646 g/mol. The molecule has 0 aliphatic heterocycles. The highest BCUT2D eigenvalue weighted by molar-refractivity contribution is 5.97. The van der Waals surface area contributed by atoms with Crippen molar-refractivity contribution in [2.75, 3.05) is 13.2 Å². The van der Waals surface area contributed by atoms with E-state index in [0.29, 0.717) is 31.4 Å². The molecule has 0 aliphatic carbocycles. The summed E-state index contributed by atoms with van der Waals surface area (Å²) in [6.07, 6.45) is 3.65. The number of hydrogen-bond donors (Lipinski definition) is 0. The number of benzene rings is 4. The van der Waals surface area contributed by atoms with Crippen molar-refractivity contribution in [1.82, 2.24) is 19.1 Å². The second-order valence-corrected chi connectivity index (χ2v) is 12.0. The maximum Gasteiger partial charge on any atom is 0.338 e. The van der Waals surface area contributed by atoms with E-state index in [9.17, 15) is 14.9 Å². The predicted molar refractivity (Wildman–Crippen MR) is 186 cm³/mol. The maximum absolute atomic E-state index is 13.0. The van der Waals surface area contributed by atoms with Crippen molar-refractivity contribution in [3.05, 3.63) is 118 Å². The van der Waals surface area contributed by atoms with Gasteiger partial charge in [0.1, 0.15) is 11.6 Å². The Kier molecular flexibility index (Phi) is 9.80. The average Bonchev–Trinajstić information content (AvgIpc) is 3.61. The highest BCUT2D eigenvalue weighted by atomic mass is 16.9. The zero-order chi connectivity index (χ0) is 33.6. The highest BCUT2D eigenvalue weighted by Crippen LogP contribution is 2.31. The van der Waals surface area contributed by atoms with Crippen LogP contribution in [0.3, 0.4) is 0 Å². The molecule has 10 nitrogen and oxygen atoms in total. The van der Waals surface area contributed by atoms with Crippen molar-refractivity contribution < 1.29 is 19.5 Å². The van der Waals surface area contributed by atoms with Crippen LogP contribution >= 0.6 is 0 Å². The molecule has 0 spiro atoms. The van der Waals surface area contributed by atoms with Gasteiger partial charge in [0, 0.05) is 25.6 Å². The number of imidazole rings is 2. The van der Waals surface area contributed by atoms with E-state index in [4.69, 9.17) is 14.7 Å². The van der Waals surface area contributed by atoms with E-state index in [1.54, 1.807) is 6.07 Å². The van der Waals surface area contributed by atoms with Gasteiger partial charge in [0.25, 0.3) is 5.09 Å². The summed E-state index contributed by atoms with van der Waals surface area (Å²) in [7, 11) is 2.06. The van der Waals surface area contributed by atoms with Crippen molar-refractivity contribution in [3.63, 3.8) is 0 Å². The van der Waals surface area contributed by atoms with E-state index in [0.717, 1.165) is 74.4 Å². The Balaban J connectivity index is 1.22. The van der Waals surface area contributed by atoms with Gasteiger partial charge in [-0.3, -0.25) is 0 Å². The number of para-hydroxylation sites is 2. The molecule has 0 bridgehead atoms. The first kappa shape index (κ1) is 32.4. The maximum atomic E-state index is 13.0. The number of unbranched alkanes of at least 4 members (excludes halogenated alkanes) is 2. The Bertz CT molecular complexity index is 2080. The third-order valence-corrected chi connectivity index (χ3v) is 8.61. The fraction of sp³-hybridized carbons (Fsp3) is 0.289. The van der Waals surface area contributed by atoms with Crippen LogP contribution in [0.15, 0.2) is 84.9 Å². The first-order chi connectivity index (χ1) is 23.3. The summed E-state index contributed by atoms with van der Waals surface area (Å²) in [6.45, 7) is 5.23. The minimum Gasteiger partial charge on any atom is -0.462 e. The van der Waals surface area contributed by atoms with Crippen LogP contribution < -0.4 is 0 Å². The lowest BCUT2D eigenvalue weighted by molar-refractivity contribution is -0.757. The summed E-state index contributed by atoms with van der Waals surface area (Å²) in [4.78, 5) is 37.6. The minimum atomic E-state index is -0.797. The standard InChI is InChI=1S/C38H39N5O5/c1-4-12-35-40-36-26(2)23-29(37-39-32-15-8-9-16-33(32)41(37)3)24-34(36)42(35)25-27-17-19-28(20-18-27)30-13-6-7-14-31(30)38(44)47-21-10-5-11-22-48-43(45)46/h6-9,13-20,23-24H,4-5,10-12,21-22,25H2,1-3H3. The monoisotopic (exact) mass is 645 g/mol. The lowest BCUT2D eigenvalue weighted by Gasteiger charge is -2.13. The molecule has 0 N–H and O–H groups in total. The van der Waals surface area contributed by atoms with Crippen LogP contribution in [0, 0.1) is 17.0 Å². The molecule has 0 atom stereocenters. The van der Waals surface area contributed by atoms with Crippen LogP contribution in [0.25, 0.3) is 44.6 Å². The number of rotatable bonds is 14. The van der Waals surface area contributed by atoms with Crippen LogP contribution in [0.4, 0.5) is 0 Å². The first-order valence-electron chi connectivity index (χ1n) is 16.4. The molecule has 2 heterocycles. The molecule has 10 heteroatoms. The van der Waals surface area contributed by atoms with Gasteiger partial charge in [-0.05, 0) is 85.2 Å². The zero-order valence-electron chi connectivity index (χ0n) is 27.5.